The summed E-state index contributed by atoms with van der Waals surface area (Å²) in [5, 5.41) is 6.44. The van der Waals surface area contributed by atoms with Crippen molar-refractivity contribution in [3.63, 3.8) is 0 Å². The molecule has 0 aromatic heterocycles. The van der Waals surface area contributed by atoms with Crippen LogP contribution in [0.3, 0.4) is 0 Å². The Kier molecular flexibility index (Phi) is 10.8. The third-order valence-corrected chi connectivity index (χ3v) is 12.0. The highest BCUT2D eigenvalue weighted by Gasteiger charge is 2.24. The maximum atomic E-state index is 5.96. The molecule has 0 bridgehead atoms. The molecule has 4 heteroatoms. The zero-order chi connectivity index (χ0) is 29.9. The quantitative estimate of drug-likeness (QED) is 0.0833. The number of allylic oxidation sites excluding steroid dienone is 4. The van der Waals surface area contributed by atoms with Gasteiger partial charge >= 0.3 is 0 Å². The van der Waals surface area contributed by atoms with Crippen LogP contribution in [0.25, 0.3) is 5.57 Å². The van der Waals surface area contributed by atoms with E-state index in [4.69, 9.17) is 9.47 Å². The molecule has 0 unspecified atom stereocenters. The van der Waals surface area contributed by atoms with Crippen molar-refractivity contribution in [2.75, 3.05) is 20.4 Å². The third-order valence-electron chi connectivity index (χ3n) is 7.12. The molecule has 43 heavy (non-hydrogen) atoms. The molecule has 5 rings (SSSR count). The van der Waals surface area contributed by atoms with Crippen LogP contribution in [0.1, 0.15) is 5.56 Å². The minimum atomic E-state index is -0.866. The standard InChI is InChI=1S/C39H36O2P2/c1-31(36(40-2)27-16-17-30-42(32-19-8-4-9-20-32)33-21-10-5-11-22-33)39-37(41-3)28-18-29-38(39)43(34-23-12-6-13-24-34)35-25-14-7-15-26-35/h4-29H,1,30H2,2-3H3/b17-16-,36-27+. The van der Waals surface area contributed by atoms with Gasteiger partial charge in [-0.1, -0.05) is 152 Å². The average molecular weight is 599 g/mol. The van der Waals surface area contributed by atoms with Crippen molar-refractivity contribution in [3.05, 3.63) is 176 Å². The minimum absolute atomic E-state index is 0.515. The Morgan fingerprint density at radius 3 is 1.58 bits per heavy atom. The first kappa shape index (κ1) is 30.2. The molecule has 214 valence electrons. The lowest BCUT2D eigenvalue weighted by Gasteiger charge is -2.25. The molecule has 0 amide bonds. The normalized spacial score (nSPS) is 11.7. The van der Waals surface area contributed by atoms with Gasteiger partial charge in [0, 0.05) is 11.1 Å². The van der Waals surface area contributed by atoms with Gasteiger partial charge in [-0.25, -0.2) is 0 Å². The van der Waals surface area contributed by atoms with Gasteiger partial charge in [0.1, 0.15) is 11.5 Å². The molecule has 2 nitrogen and oxygen atoms in total. The van der Waals surface area contributed by atoms with E-state index in [0.717, 1.165) is 23.0 Å². The Labute approximate surface area is 258 Å². The fourth-order valence-electron chi connectivity index (χ4n) is 5.07. The molecule has 5 aromatic rings. The fraction of sp³-hybridized carbons (Fsp3) is 0.0769. The number of hydrogen-bond acceptors (Lipinski definition) is 2. The van der Waals surface area contributed by atoms with Gasteiger partial charge in [-0.15, -0.1) is 0 Å². The van der Waals surface area contributed by atoms with Crippen molar-refractivity contribution in [1.29, 1.82) is 0 Å². The summed E-state index contributed by atoms with van der Waals surface area (Å²) in [7, 11) is 2.04. The molecule has 0 N–H and O–H groups in total. The molecule has 0 aliphatic heterocycles. The molecule has 0 saturated carbocycles. The van der Waals surface area contributed by atoms with E-state index in [1.165, 1.54) is 26.5 Å². The Morgan fingerprint density at radius 1 is 0.628 bits per heavy atom. The largest absolute Gasteiger partial charge is 0.496 e. The monoisotopic (exact) mass is 598 g/mol. The van der Waals surface area contributed by atoms with Crippen molar-refractivity contribution in [2.24, 2.45) is 0 Å². The summed E-state index contributed by atoms with van der Waals surface area (Å²) in [4.78, 5) is 0. The van der Waals surface area contributed by atoms with Crippen LogP contribution in [0.5, 0.6) is 5.75 Å². The summed E-state index contributed by atoms with van der Waals surface area (Å²) < 4.78 is 11.9. The number of methoxy groups -OCH3 is 2. The van der Waals surface area contributed by atoms with Crippen LogP contribution in [-0.4, -0.2) is 20.4 Å². The van der Waals surface area contributed by atoms with Gasteiger partial charge in [-0.3, -0.25) is 0 Å². The highest BCUT2D eigenvalue weighted by atomic mass is 31.1. The second-order valence-electron chi connectivity index (χ2n) is 9.78. The molecule has 0 radical (unpaired) electrons. The molecule has 0 atom stereocenters. The number of rotatable bonds is 12. The van der Waals surface area contributed by atoms with E-state index in [9.17, 15) is 0 Å². The van der Waals surface area contributed by atoms with Gasteiger partial charge in [0.05, 0.1) is 14.2 Å². The van der Waals surface area contributed by atoms with Crippen molar-refractivity contribution in [1.82, 2.24) is 0 Å². The topological polar surface area (TPSA) is 18.5 Å². The van der Waals surface area contributed by atoms with Crippen molar-refractivity contribution in [3.8, 4) is 5.75 Å². The number of hydrogen-bond donors (Lipinski definition) is 0. The second-order valence-corrected chi connectivity index (χ2v) is 14.2. The van der Waals surface area contributed by atoms with E-state index < -0.39 is 15.8 Å². The summed E-state index contributed by atoms with van der Waals surface area (Å²) in [5.41, 5.74) is 1.77. The highest BCUT2D eigenvalue weighted by Crippen LogP contribution is 2.40. The Balaban J connectivity index is 1.49. The lowest BCUT2D eigenvalue weighted by Crippen LogP contribution is -2.23. The van der Waals surface area contributed by atoms with Crippen molar-refractivity contribution in [2.45, 2.75) is 0 Å². The van der Waals surface area contributed by atoms with E-state index in [0.29, 0.717) is 5.76 Å². The molecule has 0 aliphatic carbocycles. The average Bonchev–Trinajstić information content (AvgIpc) is 3.08. The Hall–Kier alpha value is -4.22. The molecule has 0 saturated heterocycles. The van der Waals surface area contributed by atoms with Gasteiger partial charge in [0.2, 0.25) is 0 Å². The van der Waals surface area contributed by atoms with Crippen molar-refractivity contribution < 1.29 is 9.47 Å². The number of ether oxygens (including phenoxy) is 2. The van der Waals surface area contributed by atoms with Gasteiger partial charge in [0.15, 0.2) is 0 Å². The Bertz CT molecular complexity index is 1590. The van der Waals surface area contributed by atoms with Crippen LogP contribution >= 0.6 is 15.8 Å². The summed E-state index contributed by atoms with van der Waals surface area (Å²) in [6.07, 6.45) is 7.28. The lowest BCUT2D eigenvalue weighted by molar-refractivity contribution is 0.311. The maximum Gasteiger partial charge on any atom is 0.127 e. The Morgan fingerprint density at radius 2 is 1.12 bits per heavy atom. The van der Waals surface area contributed by atoms with Crippen LogP contribution in [0, 0.1) is 0 Å². The van der Waals surface area contributed by atoms with Crippen LogP contribution in [0.15, 0.2) is 170 Å². The minimum Gasteiger partial charge on any atom is -0.496 e. The van der Waals surface area contributed by atoms with Crippen molar-refractivity contribution >= 4 is 47.9 Å². The summed E-state index contributed by atoms with van der Waals surface area (Å²) >= 11 is 0. The van der Waals surface area contributed by atoms with Crippen LogP contribution in [0.2, 0.25) is 0 Å². The summed E-state index contributed by atoms with van der Waals surface area (Å²) in [6.45, 7) is 4.55. The molecular formula is C39H36O2P2. The summed E-state index contributed by atoms with van der Waals surface area (Å²) in [6, 6.07) is 49.2. The first-order valence-corrected chi connectivity index (χ1v) is 17.1. The predicted octanol–water partition coefficient (Wildman–Crippen LogP) is 7.69. The predicted molar refractivity (Wildman–Crippen MR) is 189 cm³/mol. The van der Waals surface area contributed by atoms with Gasteiger partial charge < -0.3 is 9.47 Å². The van der Waals surface area contributed by atoms with Gasteiger partial charge in [-0.2, -0.15) is 0 Å². The molecule has 5 aromatic carbocycles. The molecule has 0 spiro atoms. The van der Waals surface area contributed by atoms with E-state index in [2.05, 4.69) is 152 Å². The zero-order valence-electron chi connectivity index (χ0n) is 24.6. The molecular weight excluding hydrogens is 562 g/mol. The van der Waals surface area contributed by atoms with Crippen LogP contribution < -0.4 is 31.3 Å². The maximum absolute atomic E-state index is 5.96. The van der Waals surface area contributed by atoms with E-state index in [1.54, 1.807) is 14.2 Å². The van der Waals surface area contributed by atoms with E-state index in [1.807, 2.05) is 12.1 Å². The summed E-state index contributed by atoms with van der Waals surface area (Å²) in [5.74, 6) is 1.49. The van der Waals surface area contributed by atoms with Crippen LogP contribution in [-0.2, 0) is 4.74 Å². The molecule has 0 heterocycles. The first-order valence-electron chi connectivity index (χ1n) is 14.3. The zero-order valence-corrected chi connectivity index (χ0v) is 26.4. The highest BCUT2D eigenvalue weighted by molar-refractivity contribution is 7.80. The first-order chi connectivity index (χ1) is 21.2. The second kappa shape index (κ2) is 15.3. The van der Waals surface area contributed by atoms with Gasteiger partial charge in [-0.05, 0) is 60.7 Å². The van der Waals surface area contributed by atoms with E-state index >= 15 is 0 Å². The molecule has 0 aliphatic rings. The van der Waals surface area contributed by atoms with Crippen LogP contribution in [0.4, 0.5) is 0 Å². The van der Waals surface area contributed by atoms with E-state index in [-0.39, 0.29) is 0 Å². The number of benzene rings is 5. The van der Waals surface area contributed by atoms with Gasteiger partial charge in [0.25, 0.3) is 0 Å². The lowest BCUT2D eigenvalue weighted by atomic mass is 10.0. The smallest absolute Gasteiger partial charge is 0.127 e. The SMILES string of the molecule is C=C(/C(=C\C=C/CP(c1ccccc1)c1ccccc1)OC)c1c(OC)cccc1P(c1ccccc1)c1ccccc1. The fourth-order valence-corrected chi connectivity index (χ4v) is 9.69. The third kappa shape index (κ3) is 7.41. The molecule has 0 fully saturated rings.